The number of Topliss-reactive ketones (excluding diaryl/α,β-unsaturated/α-hetero) is 4. The van der Waals surface area contributed by atoms with Crippen molar-refractivity contribution in [3.05, 3.63) is 52.6 Å². The number of aliphatic hydroxyl groups is 1. The number of hydrogen-bond donors (Lipinski definition) is 3. The van der Waals surface area contributed by atoms with Gasteiger partial charge in [-0.2, -0.15) is 0 Å². The maximum atomic E-state index is 13.6. The number of hydrogen-bond acceptors (Lipinski definition) is 7. The van der Waals surface area contributed by atoms with E-state index in [-0.39, 0.29) is 30.6 Å². The number of ketones is 4. The lowest BCUT2D eigenvalue weighted by molar-refractivity contribution is -0.175. The smallest absolute Gasteiger partial charge is 0.235 e. The fourth-order valence-corrected chi connectivity index (χ4v) is 6.15. The van der Waals surface area contributed by atoms with Crippen molar-refractivity contribution in [2.75, 3.05) is 0 Å². The number of fused-ring (bicyclic) bond motifs is 3. The summed E-state index contributed by atoms with van der Waals surface area (Å²) in [7, 11) is 0. The monoisotopic (exact) mass is 475 g/mol. The summed E-state index contributed by atoms with van der Waals surface area (Å²) < 4.78 is 0. The van der Waals surface area contributed by atoms with Crippen molar-refractivity contribution in [1.29, 1.82) is 0 Å². The molecule has 2 aromatic carbocycles. The summed E-state index contributed by atoms with van der Waals surface area (Å²) in [5.74, 6) is -10.0. The molecule has 3 aliphatic rings. The molecule has 2 unspecified atom stereocenters. The van der Waals surface area contributed by atoms with E-state index in [1.54, 1.807) is 6.07 Å². The highest BCUT2D eigenvalue weighted by molar-refractivity contribution is 6.31. The molecule has 0 aromatic heterocycles. The molecule has 35 heavy (non-hydrogen) atoms. The Hall–Kier alpha value is -3.65. The van der Waals surface area contributed by atoms with Crippen molar-refractivity contribution in [3.8, 4) is 16.9 Å². The number of rotatable bonds is 2. The van der Waals surface area contributed by atoms with E-state index >= 15 is 0 Å². The third-order valence-corrected chi connectivity index (χ3v) is 8.10. The standard InChI is InChI=1S/C27H25NO7/c1-11-3-4-13(7-12(11)2)16-5-6-18(29)21-17(16)9-14-8-15-10-19(30)22(26(28)34)25(33)27(15,35)24(32)20(14)23(21)31/h3-7,14-15,20,22,29,35H,8-10H2,1-2H3,(H2,28,34)/t14-,15+,20?,22?,27+/m1/s1. The van der Waals surface area contributed by atoms with Crippen LogP contribution in [0.25, 0.3) is 11.1 Å². The van der Waals surface area contributed by atoms with Crippen molar-refractivity contribution >= 4 is 29.0 Å². The van der Waals surface area contributed by atoms with Crippen molar-refractivity contribution in [3.63, 3.8) is 0 Å². The Labute approximate surface area is 201 Å². The van der Waals surface area contributed by atoms with Crippen molar-refractivity contribution < 1.29 is 34.2 Å². The molecule has 8 nitrogen and oxygen atoms in total. The molecule has 2 fully saturated rings. The van der Waals surface area contributed by atoms with E-state index in [1.165, 1.54) is 6.07 Å². The molecule has 0 radical (unpaired) electrons. The van der Waals surface area contributed by atoms with Gasteiger partial charge in [-0.15, -0.1) is 0 Å². The van der Waals surface area contributed by atoms with Crippen LogP contribution in [0.4, 0.5) is 0 Å². The highest BCUT2D eigenvalue weighted by Crippen LogP contribution is 2.51. The highest BCUT2D eigenvalue weighted by Gasteiger charge is 2.66. The average Bonchev–Trinajstić information content (AvgIpc) is 2.78. The molecular formula is C27H25NO7. The van der Waals surface area contributed by atoms with E-state index in [9.17, 15) is 34.2 Å². The maximum absolute atomic E-state index is 13.6. The number of benzene rings is 2. The van der Waals surface area contributed by atoms with Gasteiger partial charge in [0.05, 0.1) is 11.5 Å². The predicted molar refractivity (Wildman–Crippen MR) is 123 cm³/mol. The van der Waals surface area contributed by atoms with Gasteiger partial charge in [-0.1, -0.05) is 24.3 Å². The van der Waals surface area contributed by atoms with Crippen LogP contribution in [0.3, 0.4) is 0 Å². The molecule has 1 amide bonds. The molecule has 2 aromatic rings. The summed E-state index contributed by atoms with van der Waals surface area (Å²) in [6, 6.07) is 9.03. The quantitative estimate of drug-likeness (QED) is 0.558. The van der Waals surface area contributed by atoms with Crippen LogP contribution >= 0.6 is 0 Å². The Kier molecular flexibility index (Phi) is 5.07. The summed E-state index contributed by atoms with van der Waals surface area (Å²) in [6.07, 6.45) is -0.0265. The first-order chi connectivity index (χ1) is 16.5. The number of primary amides is 1. The summed E-state index contributed by atoms with van der Waals surface area (Å²) in [5.41, 5.74) is 6.96. The summed E-state index contributed by atoms with van der Waals surface area (Å²) in [5, 5.41) is 21.9. The van der Waals surface area contributed by atoms with Crippen LogP contribution in [0, 0.1) is 37.5 Å². The SMILES string of the molecule is Cc1ccc(-c2ccc(O)c3c2C[C@H]2C[C@H]4CC(=O)C(C(N)=O)C(=O)[C@@]4(O)C(=O)C2C3=O)cc1C. The minimum atomic E-state index is -2.64. The van der Waals surface area contributed by atoms with Gasteiger partial charge in [0.1, 0.15) is 5.75 Å². The van der Waals surface area contributed by atoms with Gasteiger partial charge in [0.2, 0.25) is 5.91 Å². The number of aryl methyl sites for hydroxylation is 2. The minimum Gasteiger partial charge on any atom is -0.507 e. The first-order valence-corrected chi connectivity index (χ1v) is 11.6. The van der Waals surface area contributed by atoms with Gasteiger partial charge in [-0.05, 0) is 66.5 Å². The number of phenolic OH excluding ortho intramolecular Hbond substituents is 1. The zero-order valence-electron chi connectivity index (χ0n) is 19.3. The van der Waals surface area contributed by atoms with Gasteiger partial charge in [-0.25, -0.2) is 0 Å². The van der Waals surface area contributed by atoms with Gasteiger partial charge in [0, 0.05) is 12.3 Å². The number of phenols is 1. The van der Waals surface area contributed by atoms with Crippen molar-refractivity contribution in [2.24, 2.45) is 29.4 Å². The van der Waals surface area contributed by atoms with E-state index in [0.29, 0.717) is 5.56 Å². The number of carbonyl (C=O) groups is 5. The van der Waals surface area contributed by atoms with Gasteiger partial charge in [0.15, 0.2) is 34.7 Å². The second kappa shape index (κ2) is 7.68. The number of aromatic hydroxyl groups is 1. The molecule has 180 valence electrons. The van der Waals surface area contributed by atoms with Gasteiger partial charge in [-0.3, -0.25) is 24.0 Å². The Bertz CT molecular complexity index is 1360. The summed E-state index contributed by atoms with van der Waals surface area (Å²) in [4.78, 5) is 64.3. The summed E-state index contributed by atoms with van der Waals surface area (Å²) in [6.45, 7) is 3.97. The van der Waals surface area contributed by atoms with Crippen LogP contribution < -0.4 is 5.73 Å². The lowest BCUT2D eigenvalue weighted by Gasteiger charge is -2.48. The van der Waals surface area contributed by atoms with E-state index in [2.05, 4.69) is 0 Å². The molecule has 2 saturated carbocycles. The molecule has 3 aliphatic carbocycles. The molecule has 0 bridgehead atoms. The second-order valence-corrected chi connectivity index (χ2v) is 10.0. The fraction of sp³-hybridized carbons (Fsp3) is 0.370. The Morgan fingerprint density at radius 3 is 2.37 bits per heavy atom. The molecule has 5 rings (SSSR count). The van der Waals surface area contributed by atoms with Crippen molar-refractivity contribution in [1.82, 2.24) is 0 Å². The molecule has 0 aliphatic heterocycles. The predicted octanol–water partition coefficient (Wildman–Crippen LogP) is 1.61. The fourth-order valence-electron chi connectivity index (χ4n) is 6.15. The van der Waals surface area contributed by atoms with Crippen LogP contribution in [0.15, 0.2) is 30.3 Å². The lowest BCUT2D eigenvalue weighted by Crippen LogP contribution is -2.68. The van der Waals surface area contributed by atoms with Crippen molar-refractivity contribution in [2.45, 2.75) is 38.7 Å². The van der Waals surface area contributed by atoms with Crippen LogP contribution in [0.2, 0.25) is 0 Å². The number of amides is 1. The van der Waals surface area contributed by atoms with E-state index in [4.69, 9.17) is 5.73 Å². The lowest BCUT2D eigenvalue weighted by atomic mass is 9.53. The molecule has 0 saturated heterocycles. The van der Waals surface area contributed by atoms with Crippen LogP contribution in [-0.4, -0.2) is 44.9 Å². The first kappa shape index (κ1) is 23.1. The Morgan fingerprint density at radius 2 is 1.71 bits per heavy atom. The third-order valence-electron chi connectivity index (χ3n) is 8.10. The molecule has 0 heterocycles. The molecule has 5 atom stereocenters. The van der Waals surface area contributed by atoms with Gasteiger partial charge < -0.3 is 15.9 Å². The minimum absolute atomic E-state index is 0.00293. The van der Waals surface area contributed by atoms with Gasteiger partial charge >= 0.3 is 0 Å². The highest BCUT2D eigenvalue weighted by atomic mass is 16.3. The summed E-state index contributed by atoms with van der Waals surface area (Å²) >= 11 is 0. The maximum Gasteiger partial charge on any atom is 0.235 e. The van der Waals surface area contributed by atoms with Crippen LogP contribution in [0.1, 0.15) is 39.9 Å². The zero-order chi connectivity index (χ0) is 25.4. The second-order valence-electron chi connectivity index (χ2n) is 10.0. The number of carbonyl (C=O) groups excluding carboxylic acids is 5. The third kappa shape index (κ3) is 3.13. The normalized spacial score (nSPS) is 29.9. The van der Waals surface area contributed by atoms with E-state index in [1.807, 2.05) is 32.0 Å². The zero-order valence-corrected chi connectivity index (χ0v) is 19.3. The van der Waals surface area contributed by atoms with E-state index < -0.39 is 58.3 Å². The Balaban J connectivity index is 1.62. The molecular weight excluding hydrogens is 450 g/mol. The van der Waals surface area contributed by atoms with Crippen LogP contribution in [-0.2, 0) is 25.6 Å². The number of nitrogens with two attached hydrogens (primary N) is 1. The molecule has 8 heteroatoms. The van der Waals surface area contributed by atoms with Crippen LogP contribution in [0.5, 0.6) is 5.75 Å². The molecule has 0 spiro atoms. The Morgan fingerprint density at radius 1 is 1.00 bits per heavy atom. The first-order valence-electron chi connectivity index (χ1n) is 11.6. The van der Waals surface area contributed by atoms with E-state index in [0.717, 1.165) is 22.3 Å². The van der Waals surface area contributed by atoms with Gasteiger partial charge in [0.25, 0.3) is 0 Å². The molecule has 4 N–H and O–H groups in total. The largest absolute Gasteiger partial charge is 0.507 e. The average molecular weight is 475 g/mol. The topological polar surface area (TPSA) is 152 Å².